The minimum atomic E-state index is 0.158. The summed E-state index contributed by atoms with van der Waals surface area (Å²) in [5.41, 5.74) is 6.56. The van der Waals surface area contributed by atoms with E-state index in [0.29, 0.717) is 13.0 Å². The monoisotopic (exact) mass is 262 g/mol. The number of benzene rings is 1. The number of rotatable bonds is 5. The van der Waals surface area contributed by atoms with Gasteiger partial charge in [0.05, 0.1) is 6.10 Å². The second-order valence-electron chi connectivity index (χ2n) is 5.14. The lowest BCUT2D eigenvalue weighted by Crippen LogP contribution is -2.25. The van der Waals surface area contributed by atoms with Gasteiger partial charge in [-0.05, 0) is 50.1 Å². The first-order chi connectivity index (χ1) is 9.13. The Morgan fingerprint density at radius 2 is 2.11 bits per heavy atom. The first-order valence-electron chi connectivity index (χ1n) is 6.91. The Labute approximate surface area is 114 Å². The smallest absolute Gasteiger partial charge is 0.227 e. The SMILES string of the molecule is CCC(C)Oc1ccc(N2CC(CN)CC2=O)cc1. The minimum Gasteiger partial charge on any atom is -0.491 e. The van der Waals surface area contributed by atoms with Crippen LogP contribution < -0.4 is 15.4 Å². The van der Waals surface area contributed by atoms with E-state index in [2.05, 4.69) is 6.92 Å². The topological polar surface area (TPSA) is 55.6 Å². The summed E-state index contributed by atoms with van der Waals surface area (Å²) < 4.78 is 5.73. The lowest BCUT2D eigenvalue weighted by Gasteiger charge is -2.18. The van der Waals surface area contributed by atoms with Crippen molar-refractivity contribution in [2.45, 2.75) is 32.8 Å². The van der Waals surface area contributed by atoms with Gasteiger partial charge in [-0.2, -0.15) is 0 Å². The molecule has 1 amide bonds. The van der Waals surface area contributed by atoms with Gasteiger partial charge in [-0.15, -0.1) is 0 Å². The number of hydrogen-bond acceptors (Lipinski definition) is 3. The molecule has 1 aliphatic rings. The summed E-state index contributed by atoms with van der Waals surface area (Å²) in [6, 6.07) is 7.72. The Morgan fingerprint density at radius 1 is 1.42 bits per heavy atom. The molecule has 0 spiro atoms. The Morgan fingerprint density at radius 3 is 2.63 bits per heavy atom. The molecular formula is C15H22N2O2. The molecule has 0 aromatic heterocycles. The molecule has 2 rings (SSSR count). The molecule has 2 unspecified atom stereocenters. The van der Waals surface area contributed by atoms with Crippen LogP contribution >= 0.6 is 0 Å². The van der Waals surface area contributed by atoms with Gasteiger partial charge < -0.3 is 15.4 Å². The van der Waals surface area contributed by atoms with E-state index in [-0.39, 0.29) is 17.9 Å². The Hall–Kier alpha value is -1.55. The Balaban J connectivity index is 2.04. The lowest BCUT2D eigenvalue weighted by molar-refractivity contribution is -0.117. The summed E-state index contributed by atoms with van der Waals surface area (Å²) in [7, 11) is 0. The van der Waals surface area contributed by atoms with Crippen LogP contribution in [0.25, 0.3) is 0 Å². The van der Waals surface area contributed by atoms with Crippen molar-refractivity contribution in [1.29, 1.82) is 0 Å². The van der Waals surface area contributed by atoms with Crippen LogP contribution in [-0.2, 0) is 4.79 Å². The third-order valence-electron chi connectivity index (χ3n) is 3.60. The van der Waals surface area contributed by atoms with Crippen LogP contribution in [0.1, 0.15) is 26.7 Å². The quantitative estimate of drug-likeness (QED) is 0.885. The van der Waals surface area contributed by atoms with E-state index in [0.717, 1.165) is 24.4 Å². The van der Waals surface area contributed by atoms with E-state index in [1.54, 1.807) is 0 Å². The molecule has 0 bridgehead atoms. The predicted molar refractivity (Wildman–Crippen MR) is 76.3 cm³/mol. The summed E-state index contributed by atoms with van der Waals surface area (Å²) in [5, 5.41) is 0. The second kappa shape index (κ2) is 6.06. The van der Waals surface area contributed by atoms with Crippen LogP contribution in [0.5, 0.6) is 5.75 Å². The van der Waals surface area contributed by atoms with E-state index < -0.39 is 0 Å². The highest BCUT2D eigenvalue weighted by Gasteiger charge is 2.29. The van der Waals surface area contributed by atoms with Gasteiger partial charge in [0.15, 0.2) is 0 Å². The van der Waals surface area contributed by atoms with Gasteiger partial charge in [-0.25, -0.2) is 0 Å². The maximum absolute atomic E-state index is 11.9. The number of carbonyl (C=O) groups is 1. The van der Waals surface area contributed by atoms with Crippen LogP contribution in [0.4, 0.5) is 5.69 Å². The number of anilines is 1. The Bertz CT molecular complexity index is 430. The normalized spacial score (nSPS) is 20.7. The zero-order valence-electron chi connectivity index (χ0n) is 11.6. The van der Waals surface area contributed by atoms with Crippen molar-refractivity contribution in [3.8, 4) is 5.75 Å². The molecule has 4 nitrogen and oxygen atoms in total. The highest BCUT2D eigenvalue weighted by Crippen LogP contribution is 2.26. The first-order valence-corrected chi connectivity index (χ1v) is 6.91. The fourth-order valence-electron chi connectivity index (χ4n) is 2.21. The van der Waals surface area contributed by atoms with Crippen LogP contribution in [0.2, 0.25) is 0 Å². The van der Waals surface area contributed by atoms with E-state index in [1.165, 1.54) is 0 Å². The molecule has 4 heteroatoms. The van der Waals surface area contributed by atoms with E-state index in [9.17, 15) is 4.79 Å². The molecule has 1 aromatic rings. The first kappa shape index (κ1) is 13.9. The standard InChI is InChI=1S/C15H22N2O2/c1-3-11(2)19-14-6-4-13(5-7-14)17-10-12(9-16)8-15(17)18/h4-7,11-12H,3,8-10,16H2,1-2H3. The second-order valence-corrected chi connectivity index (χ2v) is 5.14. The van der Waals surface area contributed by atoms with Gasteiger partial charge in [0, 0.05) is 18.7 Å². The third kappa shape index (κ3) is 3.26. The van der Waals surface area contributed by atoms with Crippen molar-refractivity contribution in [3.63, 3.8) is 0 Å². The molecule has 2 N–H and O–H groups in total. The average molecular weight is 262 g/mol. The molecule has 1 saturated heterocycles. The van der Waals surface area contributed by atoms with Gasteiger partial charge in [-0.1, -0.05) is 6.92 Å². The van der Waals surface area contributed by atoms with Crippen LogP contribution in [0.15, 0.2) is 24.3 Å². The summed E-state index contributed by atoms with van der Waals surface area (Å²) in [4.78, 5) is 13.7. The highest BCUT2D eigenvalue weighted by molar-refractivity contribution is 5.95. The van der Waals surface area contributed by atoms with E-state index >= 15 is 0 Å². The molecule has 1 heterocycles. The van der Waals surface area contributed by atoms with E-state index in [1.807, 2.05) is 36.1 Å². The van der Waals surface area contributed by atoms with Crippen molar-refractivity contribution >= 4 is 11.6 Å². The zero-order valence-corrected chi connectivity index (χ0v) is 11.6. The zero-order chi connectivity index (χ0) is 13.8. The largest absolute Gasteiger partial charge is 0.491 e. The van der Waals surface area contributed by atoms with Gasteiger partial charge in [0.1, 0.15) is 5.75 Å². The van der Waals surface area contributed by atoms with E-state index in [4.69, 9.17) is 10.5 Å². The molecule has 1 aromatic carbocycles. The number of ether oxygens (including phenoxy) is 1. The average Bonchev–Trinajstić information content (AvgIpc) is 2.81. The fourth-order valence-corrected chi connectivity index (χ4v) is 2.21. The molecule has 2 atom stereocenters. The van der Waals surface area contributed by atoms with Crippen molar-refractivity contribution < 1.29 is 9.53 Å². The molecule has 104 valence electrons. The maximum Gasteiger partial charge on any atom is 0.227 e. The molecule has 1 fully saturated rings. The predicted octanol–water partition coefficient (Wildman–Crippen LogP) is 2.18. The number of carbonyl (C=O) groups excluding carboxylic acids is 1. The lowest BCUT2D eigenvalue weighted by atomic mass is 10.1. The summed E-state index contributed by atoms with van der Waals surface area (Å²) in [6.07, 6.45) is 1.74. The molecule has 0 radical (unpaired) electrons. The van der Waals surface area contributed by atoms with Crippen molar-refractivity contribution in [2.24, 2.45) is 11.7 Å². The molecule has 19 heavy (non-hydrogen) atoms. The Kier molecular flexibility index (Phi) is 4.43. The van der Waals surface area contributed by atoms with Crippen LogP contribution in [0.3, 0.4) is 0 Å². The van der Waals surface area contributed by atoms with Gasteiger partial charge in [-0.3, -0.25) is 4.79 Å². The maximum atomic E-state index is 11.9. The number of nitrogens with zero attached hydrogens (tertiary/aromatic N) is 1. The van der Waals surface area contributed by atoms with Gasteiger partial charge >= 0.3 is 0 Å². The minimum absolute atomic E-state index is 0.158. The number of hydrogen-bond donors (Lipinski definition) is 1. The molecule has 1 aliphatic heterocycles. The molecule has 0 saturated carbocycles. The van der Waals surface area contributed by atoms with Crippen molar-refractivity contribution in [3.05, 3.63) is 24.3 Å². The van der Waals surface area contributed by atoms with Gasteiger partial charge in [0.25, 0.3) is 0 Å². The van der Waals surface area contributed by atoms with Gasteiger partial charge in [0.2, 0.25) is 5.91 Å². The molecule has 0 aliphatic carbocycles. The summed E-state index contributed by atoms with van der Waals surface area (Å²) in [5.74, 6) is 1.29. The summed E-state index contributed by atoms with van der Waals surface area (Å²) >= 11 is 0. The van der Waals surface area contributed by atoms with Crippen molar-refractivity contribution in [2.75, 3.05) is 18.0 Å². The van der Waals surface area contributed by atoms with Crippen LogP contribution in [0, 0.1) is 5.92 Å². The molecular weight excluding hydrogens is 240 g/mol. The third-order valence-corrected chi connectivity index (χ3v) is 3.60. The number of nitrogens with two attached hydrogens (primary N) is 1. The van der Waals surface area contributed by atoms with Crippen molar-refractivity contribution in [1.82, 2.24) is 0 Å². The van der Waals surface area contributed by atoms with Crippen LogP contribution in [-0.4, -0.2) is 25.1 Å². The summed E-state index contributed by atoms with van der Waals surface area (Å²) in [6.45, 7) is 5.43. The fraction of sp³-hybridized carbons (Fsp3) is 0.533. The highest BCUT2D eigenvalue weighted by atomic mass is 16.5. The number of amides is 1.